The molecule has 8 heteroatoms. The molecule has 0 radical (unpaired) electrons. The van der Waals surface area contributed by atoms with Gasteiger partial charge >= 0.3 is 5.97 Å². The summed E-state index contributed by atoms with van der Waals surface area (Å²) in [5.41, 5.74) is 0. The lowest BCUT2D eigenvalue weighted by Gasteiger charge is -2.29. The smallest absolute Gasteiger partial charge is 0.308 e. The molecule has 0 aromatic rings. The van der Waals surface area contributed by atoms with Crippen LogP contribution in [0.2, 0.25) is 0 Å². The number of hydrogen-bond donors (Lipinski definition) is 2. The summed E-state index contributed by atoms with van der Waals surface area (Å²) in [7, 11) is 3.45. The predicted octanol–water partition coefficient (Wildman–Crippen LogP) is 2.15. The van der Waals surface area contributed by atoms with Crippen molar-refractivity contribution < 1.29 is 14.3 Å². The molecule has 2 N–H and O–H groups in total. The number of rotatable bonds is 7. The average molecular weight is 482 g/mol. The molecule has 0 heterocycles. The minimum atomic E-state index is -0.0795. The molecule has 0 aromatic heterocycles. The Kier molecular flexibility index (Phi) is 12.6. The van der Waals surface area contributed by atoms with Crippen molar-refractivity contribution in [1.29, 1.82) is 0 Å². The quantitative estimate of drug-likeness (QED) is 0.252. The van der Waals surface area contributed by atoms with Crippen molar-refractivity contribution in [2.75, 3.05) is 27.2 Å². The Morgan fingerprint density at radius 3 is 2.31 bits per heavy atom. The third kappa shape index (κ3) is 9.05. The summed E-state index contributed by atoms with van der Waals surface area (Å²) in [6, 6.07) is 0.534. The van der Waals surface area contributed by atoms with Crippen LogP contribution in [0.25, 0.3) is 0 Å². The van der Waals surface area contributed by atoms with E-state index in [4.69, 9.17) is 4.74 Å². The van der Waals surface area contributed by atoms with Crippen LogP contribution < -0.4 is 10.6 Å². The Morgan fingerprint density at radius 1 is 1.19 bits per heavy atom. The fourth-order valence-corrected chi connectivity index (χ4v) is 2.68. The summed E-state index contributed by atoms with van der Waals surface area (Å²) < 4.78 is 5.11. The fourth-order valence-electron chi connectivity index (χ4n) is 2.68. The van der Waals surface area contributed by atoms with Crippen LogP contribution in [0, 0.1) is 5.92 Å². The van der Waals surface area contributed by atoms with E-state index in [2.05, 4.69) is 29.5 Å². The maximum absolute atomic E-state index is 11.8. The first-order chi connectivity index (χ1) is 11.9. The highest BCUT2D eigenvalue weighted by Crippen LogP contribution is 2.25. The second-order valence-electron chi connectivity index (χ2n) is 6.85. The second kappa shape index (κ2) is 13.2. The molecule has 0 bridgehead atoms. The summed E-state index contributed by atoms with van der Waals surface area (Å²) in [4.78, 5) is 29.6. The van der Waals surface area contributed by atoms with Gasteiger partial charge in [0.05, 0.1) is 12.5 Å². The Balaban J connectivity index is 0.00000625. The molecular formula is C18H35IN4O3. The number of amides is 1. The molecule has 1 aliphatic rings. The second-order valence-corrected chi connectivity index (χ2v) is 6.85. The van der Waals surface area contributed by atoms with E-state index in [0.29, 0.717) is 12.6 Å². The van der Waals surface area contributed by atoms with Crippen molar-refractivity contribution in [2.24, 2.45) is 10.9 Å². The molecule has 0 aliphatic heterocycles. The third-order valence-corrected chi connectivity index (χ3v) is 4.55. The number of halogens is 1. The largest absolute Gasteiger partial charge is 0.466 e. The van der Waals surface area contributed by atoms with Crippen molar-refractivity contribution in [2.45, 2.75) is 65.0 Å². The van der Waals surface area contributed by atoms with Gasteiger partial charge in [0.25, 0.3) is 0 Å². The van der Waals surface area contributed by atoms with E-state index in [1.54, 1.807) is 14.1 Å². The van der Waals surface area contributed by atoms with Crippen molar-refractivity contribution in [1.82, 2.24) is 15.5 Å². The standard InChI is InChI=1S/C18H34N4O3.HI/c1-6-13(3)20-18(19-12-16(23)22(4)5)21-15-10-8-14(9-11-15)17(24)25-7-2;/h13-15H,6-12H2,1-5H3,(H2,19,20,21);1H. The van der Waals surface area contributed by atoms with E-state index in [1.165, 1.54) is 4.90 Å². The molecule has 0 saturated heterocycles. The highest BCUT2D eigenvalue weighted by molar-refractivity contribution is 14.0. The monoisotopic (exact) mass is 482 g/mol. The normalized spacial score (nSPS) is 21.2. The van der Waals surface area contributed by atoms with Crippen molar-refractivity contribution in [3.05, 3.63) is 0 Å². The molecule has 7 nitrogen and oxygen atoms in total. The number of esters is 1. The van der Waals surface area contributed by atoms with Gasteiger partial charge in [-0.05, 0) is 46.0 Å². The van der Waals surface area contributed by atoms with Gasteiger partial charge in [0, 0.05) is 26.2 Å². The molecule has 1 aliphatic carbocycles. The molecule has 0 spiro atoms. The molecule has 1 rings (SSSR count). The number of hydrogen-bond acceptors (Lipinski definition) is 4. The van der Waals surface area contributed by atoms with Crippen LogP contribution in [0.5, 0.6) is 0 Å². The Bertz CT molecular complexity index is 463. The van der Waals surface area contributed by atoms with E-state index in [9.17, 15) is 9.59 Å². The number of ether oxygens (including phenoxy) is 1. The molecule has 26 heavy (non-hydrogen) atoms. The Morgan fingerprint density at radius 2 is 1.81 bits per heavy atom. The van der Waals surface area contributed by atoms with Crippen LogP contribution in [0.1, 0.15) is 52.9 Å². The van der Waals surface area contributed by atoms with Crippen LogP contribution in [-0.4, -0.2) is 62.1 Å². The number of carbonyl (C=O) groups excluding carboxylic acids is 2. The van der Waals surface area contributed by atoms with Gasteiger partial charge in [-0.2, -0.15) is 0 Å². The average Bonchev–Trinajstić information content (AvgIpc) is 2.59. The predicted molar refractivity (Wildman–Crippen MR) is 115 cm³/mol. The van der Waals surface area contributed by atoms with Crippen LogP contribution in [0.4, 0.5) is 0 Å². The van der Waals surface area contributed by atoms with Crippen LogP contribution in [0.15, 0.2) is 4.99 Å². The van der Waals surface area contributed by atoms with Gasteiger partial charge in [-0.1, -0.05) is 6.92 Å². The number of likely N-dealkylation sites (N-methyl/N-ethyl adjacent to an activating group) is 1. The zero-order valence-electron chi connectivity index (χ0n) is 16.7. The fraction of sp³-hybridized carbons (Fsp3) is 0.833. The summed E-state index contributed by atoms with van der Waals surface area (Å²) in [5, 5.41) is 6.76. The number of guanidine groups is 1. The maximum atomic E-state index is 11.8. The SMILES string of the molecule is CCOC(=O)C1CCC(NC(=NCC(=O)N(C)C)NC(C)CC)CC1.I. The third-order valence-electron chi connectivity index (χ3n) is 4.55. The first-order valence-electron chi connectivity index (χ1n) is 9.31. The Hall–Kier alpha value is -1.06. The van der Waals surface area contributed by atoms with Crippen molar-refractivity contribution in [3.8, 4) is 0 Å². The van der Waals surface area contributed by atoms with E-state index in [0.717, 1.165) is 32.1 Å². The topological polar surface area (TPSA) is 83.0 Å². The number of nitrogens with zero attached hydrogens (tertiary/aromatic N) is 2. The van der Waals surface area contributed by atoms with E-state index >= 15 is 0 Å². The highest BCUT2D eigenvalue weighted by Gasteiger charge is 2.27. The molecule has 152 valence electrons. The lowest BCUT2D eigenvalue weighted by molar-refractivity contribution is -0.149. The number of aliphatic imine (C=N–C) groups is 1. The number of carbonyl (C=O) groups is 2. The minimum Gasteiger partial charge on any atom is -0.466 e. The highest BCUT2D eigenvalue weighted by atomic mass is 127. The summed E-state index contributed by atoms with van der Waals surface area (Å²) in [6.45, 7) is 6.58. The van der Waals surface area contributed by atoms with Crippen LogP contribution in [-0.2, 0) is 14.3 Å². The molecule has 1 fully saturated rings. The van der Waals surface area contributed by atoms with Crippen LogP contribution >= 0.6 is 24.0 Å². The van der Waals surface area contributed by atoms with Gasteiger partial charge in [-0.3, -0.25) is 9.59 Å². The summed E-state index contributed by atoms with van der Waals surface area (Å²) >= 11 is 0. The zero-order valence-corrected chi connectivity index (χ0v) is 19.0. The first kappa shape index (κ1) is 24.9. The minimum absolute atomic E-state index is 0. The van der Waals surface area contributed by atoms with E-state index in [1.807, 2.05) is 6.92 Å². The van der Waals surface area contributed by atoms with Crippen molar-refractivity contribution >= 4 is 41.8 Å². The summed E-state index contributed by atoms with van der Waals surface area (Å²) in [5.74, 6) is 0.570. The van der Waals surface area contributed by atoms with Gasteiger partial charge in [-0.15, -0.1) is 24.0 Å². The lowest BCUT2D eigenvalue weighted by atomic mass is 9.86. The van der Waals surface area contributed by atoms with Gasteiger partial charge in [-0.25, -0.2) is 4.99 Å². The zero-order chi connectivity index (χ0) is 18.8. The van der Waals surface area contributed by atoms with Crippen LogP contribution in [0.3, 0.4) is 0 Å². The lowest BCUT2D eigenvalue weighted by Crippen LogP contribution is -2.48. The van der Waals surface area contributed by atoms with Gasteiger partial charge in [0.15, 0.2) is 5.96 Å². The summed E-state index contributed by atoms with van der Waals surface area (Å²) in [6.07, 6.45) is 4.41. The molecule has 1 amide bonds. The van der Waals surface area contributed by atoms with Crippen molar-refractivity contribution in [3.63, 3.8) is 0 Å². The van der Waals surface area contributed by atoms with Gasteiger partial charge in [0.1, 0.15) is 6.54 Å². The first-order valence-corrected chi connectivity index (χ1v) is 9.31. The van der Waals surface area contributed by atoms with E-state index in [-0.39, 0.29) is 60.4 Å². The Labute approximate surface area is 174 Å². The number of nitrogens with one attached hydrogen (secondary N) is 2. The maximum Gasteiger partial charge on any atom is 0.308 e. The molecule has 1 unspecified atom stereocenters. The van der Waals surface area contributed by atoms with Gasteiger partial charge < -0.3 is 20.3 Å². The molecule has 1 atom stereocenters. The van der Waals surface area contributed by atoms with E-state index < -0.39 is 0 Å². The molecule has 0 aromatic carbocycles. The molecule has 1 saturated carbocycles. The van der Waals surface area contributed by atoms with Gasteiger partial charge in [0.2, 0.25) is 5.91 Å². The molecular weight excluding hydrogens is 447 g/mol.